The Bertz CT molecular complexity index is 1080. The third kappa shape index (κ3) is 3.93. The molecular weight excluding hydrogens is 366 g/mol. The minimum atomic E-state index is -0.887. The maximum Gasteiger partial charge on any atom is 0.237 e. The summed E-state index contributed by atoms with van der Waals surface area (Å²) in [6.45, 7) is 2.71. The van der Waals surface area contributed by atoms with Crippen LogP contribution < -0.4 is 11.5 Å². The number of benzene rings is 1. The normalized spacial score (nSPS) is 20.6. The number of rotatable bonds is 5. The first-order chi connectivity index (χ1) is 14.0. The molecule has 0 atom stereocenters. The minimum absolute atomic E-state index is 0.111. The summed E-state index contributed by atoms with van der Waals surface area (Å²) in [7, 11) is 0. The average Bonchev–Trinajstić information content (AvgIpc) is 3.34. The lowest BCUT2D eigenvalue weighted by atomic mass is 9.69. The van der Waals surface area contributed by atoms with Crippen LogP contribution in [0, 0.1) is 17.8 Å². The van der Waals surface area contributed by atoms with Crippen molar-refractivity contribution in [1.82, 2.24) is 14.7 Å². The van der Waals surface area contributed by atoms with Crippen molar-refractivity contribution in [2.24, 2.45) is 17.4 Å². The van der Waals surface area contributed by atoms with Gasteiger partial charge in [-0.05, 0) is 37.1 Å². The molecule has 0 unspecified atom stereocenters. The highest BCUT2D eigenvalue weighted by atomic mass is 16.5. The van der Waals surface area contributed by atoms with Crippen LogP contribution >= 0.6 is 0 Å². The van der Waals surface area contributed by atoms with Gasteiger partial charge in [-0.15, -0.1) is 0 Å². The summed E-state index contributed by atoms with van der Waals surface area (Å²) in [4.78, 5) is 15.6. The fourth-order valence-corrected chi connectivity index (χ4v) is 3.52. The second kappa shape index (κ2) is 7.57. The number of aromatic nitrogens is 3. The van der Waals surface area contributed by atoms with Gasteiger partial charge in [-0.2, -0.15) is 0 Å². The summed E-state index contributed by atoms with van der Waals surface area (Å²) in [6, 6.07) is 9.75. The molecule has 3 aromatic rings. The van der Waals surface area contributed by atoms with Crippen LogP contribution in [0.2, 0.25) is 0 Å². The van der Waals surface area contributed by atoms with Gasteiger partial charge in [-0.25, -0.2) is 4.98 Å². The molecule has 4 N–H and O–H groups in total. The number of nitrogens with two attached hydrogens (primary N) is 2. The molecule has 7 heteroatoms. The summed E-state index contributed by atoms with van der Waals surface area (Å²) in [5.41, 5.74) is 13.0. The van der Waals surface area contributed by atoms with Gasteiger partial charge in [0.2, 0.25) is 5.91 Å². The molecule has 2 heterocycles. The van der Waals surface area contributed by atoms with Crippen LogP contribution in [0.1, 0.15) is 36.8 Å². The molecule has 0 saturated heterocycles. The Morgan fingerprint density at radius 3 is 2.79 bits per heavy atom. The highest BCUT2D eigenvalue weighted by Crippen LogP contribution is 2.35. The predicted molar refractivity (Wildman–Crippen MR) is 108 cm³/mol. The Morgan fingerprint density at radius 1 is 1.34 bits per heavy atom. The number of amides is 1. The van der Waals surface area contributed by atoms with E-state index in [1.807, 2.05) is 36.5 Å². The molecule has 148 valence electrons. The van der Waals surface area contributed by atoms with E-state index in [1.165, 1.54) is 0 Å². The van der Waals surface area contributed by atoms with Crippen molar-refractivity contribution in [1.29, 1.82) is 0 Å². The number of hydrogen-bond donors (Lipinski definition) is 2. The molecule has 1 aromatic carbocycles. The molecule has 1 saturated carbocycles. The molecule has 1 fully saturated rings. The highest BCUT2D eigenvalue weighted by molar-refractivity contribution is 5.85. The average molecular weight is 389 g/mol. The van der Waals surface area contributed by atoms with E-state index in [-0.39, 0.29) is 5.92 Å². The molecule has 1 amide bonds. The van der Waals surface area contributed by atoms with Gasteiger partial charge in [0.15, 0.2) is 5.76 Å². The fourth-order valence-electron chi connectivity index (χ4n) is 3.52. The van der Waals surface area contributed by atoms with Crippen LogP contribution in [0.25, 0.3) is 11.3 Å². The Kier molecular flexibility index (Phi) is 4.95. The lowest BCUT2D eigenvalue weighted by Gasteiger charge is -2.39. The molecule has 0 aliphatic heterocycles. The largest absolute Gasteiger partial charge is 0.368 e. The standard InChI is InChI=1S/C22H23N5O2/c1-2-20-25-9-10-27(20)14-18-11-19(29-26-18)17-7-5-15(6-8-17)3-4-16-12-22(24,13-16)21(23)28/h5-11,16H,2,12-14,24H2,1H3,(H2,23,28). The molecule has 0 radical (unpaired) electrons. The van der Waals surface area contributed by atoms with Gasteiger partial charge in [-0.3, -0.25) is 4.79 Å². The van der Waals surface area contributed by atoms with Crippen LogP contribution in [0.4, 0.5) is 0 Å². The first kappa shape index (κ1) is 19.0. The number of hydrogen-bond acceptors (Lipinski definition) is 5. The van der Waals surface area contributed by atoms with Crippen LogP contribution in [-0.4, -0.2) is 26.2 Å². The van der Waals surface area contributed by atoms with E-state index in [0.29, 0.717) is 25.1 Å². The van der Waals surface area contributed by atoms with E-state index in [4.69, 9.17) is 16.0 Å². The Hall–Kier alpha value is -3.37. The quantitative estimate of drug-likeness (QED) is 0.649. The monoisotopic (exact) mass is 389 g/mol. The molecule has 29 heavy (non-hydrogen) atoms. The fraction of sp³-hybridized carbons (Fsp3) is 0.318. The molecule has 0 spiro atoms. The second-order valence-electron chi connectivity index (χ2n) is 7.48. The third-order valence-electron chi connectivity index (χ3n) is 5.31. The smallest absolute Gasteiger partial charge is 0.237 e. The molecular formula is C22H23N5O2. The first-order valence-electron chi connectivity index (χ1n) is 9.63. The minimum Gasteiger partial charge on any atom is -0.368 e. The van der Waals surface area contributed by atoms with Gasteiger partial charge in [0.05, 0.1) is 12.1 Å². The first-order valence-corrected chi connectivity index (χ1v) is 9.63. The summed E-state index contributed by atoms with van der Waals surface area (Å²) in [5.74, 6) is 7.69. The Balaban J connectivity index is 1.40. The molecule has 4 rings (SSSR count). The molecule has 1 aliphatic rings. The van der Waals surface area contributed by atoms with Gasteiger partial charge in [0.1, 0.15) is 11.5 Å². The van der Waals surface area contributed by atoms with E-state index < -0.39 is 11.4 Å². The number of aryl methyl sites for hydroxylation is 1. The zero-order valence-corrected chi connectivity index (χ0v) is 16.3. The van der Waals surface area contributed by atoms with Gasteiger partial charge in [-0.1, -0.05) is 23.9 Å². The van der Waals surface area contributed by atoms with Crippen LogP contribution in [-0.2, 0) is 17.8 Å². The number of primary amides is 1. The maximum atomic E-state index is 11.2. The number of nitrogens with zero attached hydrogens (tertiary/aromatic N) is 3. The third-order valence-corrected chi connectivity index (χ3v) is 5.31. The van der Waals surface area contributed by atoms with Crippen molar-refractivity contribution < 1.29 is 9.32 Å². The van der Waals surface area contributed by atoms with Gasteiger partial charge in [0, 0.05) is 41.9 Å². The van der Waals surface area contributed by atoms with Crippen LogP contribution in [0.5, 0.6) is 0 Å². The summed E-state index contributed by atoms with van der Waals surface area (Å²) in [6.07, 6.45) is 5.65. The summed E-state index contributed by atoms with van der Waals surface area (Å²) in [5, 5.41) is 4.17. The Morgan fingerprint density at radius 2 is 2.10 bits per heavy atom. The lowest BCUT2D eigenvalue weighted by Crippen LogP contribution is -2.60. The molecule has 7 nitrogen and oxygen atoms in total. The topological polar surface area (TPSA) is 113 Å². The summed E-state index contributed by atoms with van der Waals surface area (Å²) < 4.78 is 7.57. The Labute approximate surface area is 169 Å². The summed E-state index contributed by atoms with van der Waals surface area (Å²) >= 11 is 0. The van der Waals surface area contributed by atoms with Crippen molar-refractivity contribution in [3.8, 4) is 23.2 Å². The zero-order valence-electron chi connectivity index (χ0n) is 16.3. The van der Waals surface area contributed by atoms with Crippen molar-refractivity contribution in [3.05, 3.63) is 59.8 Å². The highest BCUT2D eigenvalue weighted by Gasteiger charge is 2.45. The van der Waals surface area contributed by atoms with Crippen molar-refractivity contribution in [3.63, 3.8) is 0 Å². The van der Waals surface area contributed by atoms with E-state index in [9.17, 15) is 4.79 Å². The van der Waals surface area contributed by atoms with Crippen molar-refractivity contribution >= 4 is 5.91 Å². The predicted octanol–water partition coefficient (Wildman–Crippen LogP) is 2.09. The van der Waals surface area contributed by atoms with Gasteiger partial charge < -0.3 is 20.6 Å². The van der Waals surface area contributed by atoms with Gasteiger partial charge >= 0.3 is 0 Å². The van der Waals surface area contributed by atoms with Crippen molar-refractivity contribution in [2.75, 3.05) is 0 Å². The van der Waals surface area contributed by atoms with Crippen LogP contribution in [0.3, 0.4) is 0 Å². The number of imidazole rings is 1. The van der Waals surface area contributed by atoms with E-state index in [2.05, 4.69) is 33.5 Å². The van der Waals surface area contributed by atoms with Crippen LogP contribution in [0.15, 0.2) is 47.2 Å². The molecule has 2 aromatic heterocycles. The molecule has 1 aliphatic carbocycles. The SMILES string of the molecule is CCc1nccn1Cc1cc(-c2ccc(C#CC3CC(N)(C(N)=O)C3)cc2)on1. The lowest BCUT2D eigenvalue weighted by molar-refractivity contribution is -0.126. The van der Waals surface area contributed by atoms with E-state index in [1.54, 1.807) is 6.20 Å². The van der Waals surface area contributed by atoms with E-state index in [0.717, 1.165) is 29.1 Å². The van der Waals surface area contributed by atoms with Gasteiger partial charge in [0.25, 0.3) is 0 Å². The maximum absolute atomic E-state index is 11.2. The van der Waals surface area contributed by atoms with E-state index >= 15 is 0 Å². The number of carbonyl (C=O) groups excluding carboxylic acids is 1. The molecule has 0 bridgehead atoms. The number of carbonyl (C=O) groups is 1. The second-order valence-corrected chi connectivity index (χ2v) is 7.48. The van der Waals surface area contributed by atoms with Crippen molar-refractivity contribution in [2.45, 2.75) is 38.3 Å². The zero-order chi connectivity index (χ0) is 20.4.